The van der Waals surface area contributed by atoms with Gasteiger partial charge in [0.25, 0.3) is 10.0 Å². The molecule has 1 heterocycles. The number of sulfonamides is 1. The van der Waals surface area contributed by atoms with E-state index in [0.717, 1.165) is 5.56 Å². The molecule has 0 aliphatic rings. The van der Waals surface area contributed by atoms with Crippen molar-refractivity contribution >= 4 is 16.2 Å². The highest BCUT2D eigenvalue weighted by Crippen LogP contribution is 2.03. The van der Waals surface area contributed by atoms with E-state index in [0.29, 0.717) is 5.56 Å². The van der Waals surface area contributed by atoms with E-state index in [1.54, 1.807) is 48.8 Å². The SMILES string of the molecule is O=S(=O)(Cc1ccccc1)N/N=C/c1ccncc1. The van der Waals surface area contributed by atoms with Gasteiger partial charge in [0.15, 0.2) is 0 Å². The highest BCUT2D eigenvalue weighted by atomic mass is 32.2. The largest absolute Gasteiger partial charge is 0.265 e. The molecule has 0 fully saturated rings. The Morgan fingerprint density at radius 2 is 1.79 bits per heavy atom. The van der Waals surface area contributed by atoms with Crippen molar-refractivity contribution in [1.29, 1.82) is 0 Å². The summed E-state index contributed by atoms with van der Waals surface area (Å²) in [6.07, 6.45) is 4.66. The van der Waals surface area contributed by atoms with Crippen molar-refractivity contribution < 1.29 is 8.42 Å². The number of hydrogen-bond acceptors (Lipinski definition) is 4. The molecule has 2 aromatic rings. The summed E-state index contributed by atoms with van der Waals surface area (Å²) in [7, 11) is -3.47. The van der Waals surface area contributed by atoms with Crippen LogP contribution in [0.15, 0.2) is 60.0 Å². The van der Waals surface area contributed by atoms with Gasteiger partial charge in [-0.15, -0.1) is 0 Å². The molecule has 0 atom stereocenters. The van der Waals surface area contributed by atoms with E-state index in [9.17, 15) is 8.42 Å². The first-order valence-corrected chi connectivity index (χ1v) is 7.27. The second-order valence-electron chi connectivity index (χ2n) is 3.87. The average Bonchev–Trinajstić information content (AvgIpc) is 2.40. The van der Waals surface area contributed by atoms with Crippen LogP contribution in [0.2, 0.25) is 0 Å². The van der Waals surface area contributed by atoms with Crippen LogP contribution in [0.25, 0.3) is 0 Å². The van der Waals surface area contributed by atoms with Crippen molar-refractivity contribution in [1.82, 2.24) is 9.82 Å². The van der Waals surface area contributed by atoms with E-state index in [4.69, 9.17) is 0 Å². The zero-order valence-electron chi connectivity index (χ0n) is 10.1. The molecule has 1 aromatic heterocycles. The normalized spacial score (nSPS) is 11.6. The number of rotatable bonds is 5. The van der Waals surface area contributed by atoms with E-state index < -0.39 is 10.0 Å². The second kappa shape index (κ2) is 6.10. The number of benzene rings is 1. The number of nitrogens with one attached hydrogen (secondary N) is 1. The third kappa shape index (κ3) is 4.51. The van der Waals surface area contributed by atoms with Gasteiger partial charge in [0.05, 0.1) is 12.0 Å². The Morgan fingerprint density at radius 3 is 2.47 bits per heavy atom. The highest BCUT2D eigenvalue weighted by Gasteiger charge is 2.09. The molecular formula is C13H13N3O2S. The number of nitrogens with zero attached hydrogens (tertiary/aromatic N) is 2. The first-order chi connectivity index (χ1) is 9.16. The van der Waals surface area contributed by atoms with Crippen molar-refractivity contribution in [2.45, 2.75) is 5.75 Å². The van der Waals surface area contributed by atoms with Crippen molar-refractivity contribution in [2.75, 3.05) is 0 Å². The van der Waals surface area contributed by atoms with Crippen LogP contribution in [0, 0.1) is 0 Å². The molecule has 1 aromatic carbocycles. The molecule has 0 radical (unpaired) electrons. The average molecular weight is 275 g/mol. The standard InChI is InChI=1S/C13H13N3O2S/c17-19(18,11-13-4-2-1-3-5-13)16-15-10-12-6-8-14-9-7-12/h1-10,16H,11H2/b15-10+. The summed E-state index contributed by atoms with van der Waals surface area (Å²) in [6, 6.07) is 12.4. The van der Waals surface area contributed by atoms with Gasteiger partial charge >= 0.3 is 0 Å². The maximum absolute atomic E-state index is 11.8. The van der Waals surface area contributed by atoms with Crippen LogP contribution in [0.3, 0.4) is 0 Å². The van der Waals surface area contributed by atoms with Crippen molar-refractivity contribution in [3.05, 3.63) is 66.0 Å². The summed E-state index contributed by atoms with van der Waals surface area (Å²) >= 11 is 0. The van der Waals surface area contributed by atoms with Crippen LogP contribution >= 0.6 is 0 Å². The van der Waals surface area contributed by atoms with Crippen LogP contribution in [-0.2, 0) is 15.8 Å². The first-order valence-electron chi connectivity index (χ1n) is 5.62. The summed E-state index contributed by atoms with van der Waals surface area (Å²) < 4.78 is 23.5. The van der Waals surface area contributed by atoms with Crippen LogP contribution < -0.4 is 4.83 Å². The molecule has 0 saturated heterocycles. The Morgan fingerprint density at radius 1 is 1.11 bits per heavy atom. The van der Waals surface area contributed by atoms with E-state index in [1.807, 2.05) is 6.07 Å². The molecule has 5 nitrogen and oxygen atoms in total. The molecule has 0 amide bonds. The second-order valence-corrected chi connectivity index (χ2v) is 5.58. The monoisotopic (exact) mass is 275 g/mol. The van der Waals surface area contributed by atoms with E-state index >= 15 is 0 Å². The molecule has 2 rings (SSSR count). The lowest BCUT2D eigenvalue weighted by Crippen LogP contribution is -2.20. The van der Waals surface area contributed by atoms with Crippen LogP contribution in [0.5, 0.6) is 0 Å². The number of hydrogen-bond donors (Lipinski definition) is 1. The molecule has 1 N–H and O–H groups in total. The Hall–Kier alpha value is -2.21. The summed E-state index contributed by atoms with van der Waals surface area (Å²) in [5, 5.41) is 3.72. The third-order valence-electron chi connectivity index (χ3n) is 2.31. The lowest BCUT2D eigenvalue weighted by atomic mass is 10.2. The smallest absolute Gasteiger partial charge is 0.251 e. The number of hydrazone groups is 1. The minimum Gasteiger partial charge on any atom is -0.265 e. The lowest BCUT2D eigenvalue weighted by Gasteiger charge is -2.02. The van der Waals surface area contributed by atoms with E-state index in [2.05, 4.69) is 14.9 Å². The zero-order chi connectivity index (χ0) is 13.6. The maximum atomic E-state index is 11.8. The number of aromatic nitrogens is 1. The lowest BCUT2D eigenvalue weighted by molar-refractivity contribution is 0.584. The molecule has 0 aliphatic heterocycles. The predicted molar refractivity (Wildman–Crippen MR) is 74.0 cm³/mol. The fourth-order valence-electron chi connectivity index (χ4n) is 1.46. The van der Waals surface area contributed by atoms with Gasteiger partial charge in [-0.2, -0.15) is 5.10 Å². The molecule has 0 saturated carbocycles. The van der Waals surface area contributed by atoms with Crippen molar-refractivity contribution in [3.8, 4) is 0 Å². The first kappa shape index (κ1) is 13.2. The highest BCUT2D eigenvalue weighted by molar-refractivity contribution is 7.88. The number of pyridine rings is 1. The quantitative estimate of drug-likeness (QED) is 0.664. The van der Waals surface area contributed by atoms with E-state index in [-0.39, 0.29) is 5.75 Å². The molecule has 6 heteroatoms. The summed E-state index contributed by atoms with van der Waals surface area (Å²) in [5.74, 6) is -0.0957. The van der Waals surface area contributed by atoms with E-state index in [1.165, 1.54) is 6.21 Å². The van der Waals surface area contributed by atoms with Gasteiger partial charge in [0.2, 0.25) is 0 Å². The fourth-order valence-corrected chi connectivity index (χ4v) is 2.37. The van der Waals surface area contributed by atoms with Gasteiger partial charge in [-0.05, 0) is 23.3 Å². The molecule has 0 unspecified atom stereocenters. The Kier molecular flexibility index (Phi) is 4.25. The zero-order valence-corrected chi connectivity index (χ0v) is 10.9. The van der Waals surface area contributed by atoms with Crippen molar-refractivity contribution in [2.24, 2.45) is 5.10 Å². The van der Waals surface area contributed by atoms with Crippen LogP contribution in [0.1, 0.15) is 11.1 Å². The Bertz CT molecular complexity index is 640. The molecule has 0 aliphatic carbocycles. The van der Waals surface area contributed by atoms with Gasteiger partial charge in [-0.25, -0.2) is 13.2 Å². The van der Waals surface area contributed by atoms with Crippen molar-refractivity contribution in [3.63, 3.8) is 0 Å². The topological polar surface area (TPSA) is 71.4 Å². The predicted octanol–water partition coefficient (Wildman–Crippen LogP) is 1.54. The molecular weight excluding hydrogens is 262 g/mol. The molecule has 98 valence electrons. The molecule has 0 bridgehead atoms. The maximum Gasteiger partial charge on any atom is 0.251 e. The minimum absolute atomic E-state index is 0.0957. The summed E-state index contributed by atoms with van der Waals surface area (Å²) in [5.41, 5.74) is 1.49. The molecule has 19 heavy (non-hydrogen) atoms. The summed E-state index contributed by atoms with van der Waals surface area (Å²) in [6.45, 7) is 0. The van der Waals surface area contributed by atoms with Crippen LogP contribution in [0.4, 0.5) is 0 Å². The fraction of sp³-hybridized carbons (Fsp3) is 0.0769. The Balaban J connectivity index is 1.97. The van der Waals surface area contributed by atoms with Crippen LogP contribution in [-0.4, -0.2) is 19.6 Å². The Labute approximate surface area is 112 Å². The van der Waals surface area contributed by atoms with Gasteiger partial charge in [-0.3, -0.25) is 4.98 Å². The van der Waals surface area contributed by atoms with Gasteiger partial charge < -0.3 is 0 Å². The van der Waals surface area contributed by atoms with Gasteiger partial charge in [-0.1, -0.05) is 30.3 Å². The van der Waals surface area contributed by atoms with Gasteiger partial charge in [0, 0.05) is 12.4 Å². The molecule has 0 spiro atoms. The third-order valence-corrected chi connectivity index (χ3v) is 3.41. The van der Waals surface area contributed by atoms with Gasteiger partial charge in [0.1, 0.15) is 0 Å². The minimum atomic E-state index is -3.47. The summed E-state index contributed by atoms with van der Waals surface area (Å²) in [4.78, 5) is 6.03.